The maximum Gasteiger partial charge on any atom is 0.216 e. The molecule has 0 aliphatic carbocycles. The summed E-state index contributed by atoms with van der Waals surface area (Å²) in [7, 11) is 4.89. The van der Waals surface area contributed by atoms with E-state index in [4.69, 9.17) is 9.47 Å². The van der Waals surface area contributed by atoms with Crippen LogP contribution in [0.5, 0.6) is 11.5 Å². The highest BCUT2D eigenvalue weighted by Crippen LogP contribution is 2.43. The van der Waals surface area contributed by atoms with Crippen molar-refractivity contribution in [1.29, 1.82) is 0 Å². The van der Waals surface area contributed by atoms with Gasteiger partial charge in [-0.05, 0) is 19.1 Å². The second-order valence-corrected chi connectivity index (χ2v) is 8.00. The SMILES string of the molecule is CNC1=C(c2nc3ccccc3[nH]2)C(=O)[C@](C)(CNC(C)=O)N1c1cc(OC)cc(OC)c1. The number of para-hydroxylation sites is 2. The Morgan fingerprint density at radius 3 is 2.39 bits per heavy atom. The summed E-state index contributed by atoms with van der Waals surface area (Å²) in [5.41, 5.74) is 1.53. The largest absolute Gasteiger partial charge is 0.497 e. The number of methoxy groups -OCH3 is 2. The Morgan fingerprint density at radius 1 is 1.15 bits per heavy atom. The van der Waals surface area contributed by atoms with Crippen molar-refractivity contribution in [2.45, 2.75) is 19.4 Å². The number of hydrogen-bond acceptors (Lipinski definition) is 7. The van der Waals surface area contributed by atoms with Gasteiger partial charge in [0, 0.05) is 38.7 Å². The van der Waals surface area contributed by atoms with Gasteiger partial charge >= 0.3 is 0 Å². The highest BCUT2D eigenvalue weighted by atomic mass is 16.5. The Labute approximate surface area is 191 Å². The average molecular weight is 450 g/mol. The molecule has 4 rings (SSSR count). The number of benzene rings is 2. The lowest BCUT2D eigenvalue weighted by molar-refractivity contribution is -0.120. The number of H-pyrrole nitrogens is 1. The van der Waals surface area contributed by atoms with Crippen LogP contribution in [-0.4, -0.2) is 55.0 Å². The predicted molar refractivity (Wildman–Crippen MR) is 126 cm³/mol. The maximum absolute atomic E-state index is 14.0. The summed E-state index contributed by atoms with van der Waals surface area (Å²) in [5, 5.41) is 5.99. The highest BCUT2D eigenvalue weighted by molar-refractivity contribution is 6.30. The number of nitrogens with zero attached hydrogens (tertiary/aromatic N) is 2. The van der Waals surface area contributed by atoms with Crippen molar-refractivity contribution in [1.82, 2.24) is 20.6 Å². The van der Waals surface area contributed by atoms with Crippen molar-refractivity contribution in [3.05, 3.63) is 54.1 Å². The molecule has 9 nitrogen and oxygen atoms in total. The molecule has 172 valence electrons. The summed E-state index contributed by atoms with van der Waals surface area (Å²) in [4.78, 5) is 35.5. The molecular formula is C24H27N5O4. The Bertz CT molecular complexity index is 1210. The van der Waals surface area contributed by atoms with Crippen molar-refractivity contribution in [3.8, 4) is 11.5 Å². The number of hydrogen-bond donors (Lipinski definition) is 3. The Kier molecular flexibility index (Phi) is 5.71. The van der Waals surface area contributed by atoms with E-state index < -0.39 is 5.54 Å². The summed E-state index contributed by atoms with van der Waals surface area (Å²) < 4.78 is 10.9. The van der Waals surface area contributed by atoms with Gasteiger partial charge in [-0.3, -0.25) is 9.59 Å². The molecule has 1 aliphatic rings. The summed E-state index contributed by atoms with van der Waals surface area (Å²) in [5.74, 6) is 1.76. The van der Waals surface area contributed by atoms with E-state index in [0.29, 0.717) is 34.4 Å². The number of aromatic nitrogens is 2. The minimum Gasteiger partial charge on any atom is -0.497 e. The second-order valence-electron chi connectivity index (χ2n) is 8.00. The molecule has 0 saturated heterocycles. The zero-order valence-electron chi connectivity index (χ0n) is 19.3. The minimum atomic E-state index is -1.13. The van der Waals surface area contributed by atoms with Crippen LogP contribution in [0.1, 0.15) is 19.7 Å². The molecular weight excluding hydrogens is 422 g/mol. The third kappa shape index (κ3) is 3.75. The lowest BCUT2D eigenvalue weighted by Gasteiger charge is -2.37. The van der Waals surface area contributed by atoms with Crippen LogP contribution in [0.25, 0.3) is 16.6 Å². The van der Waals surface area contributed by atoms with Gasteiger partial charge in [0.05, 0.1) is 30.9 Å². The zero-order valence-corrected chi connectivity index (χ0v) is 19.3. The van der Waals surface area contributed by atoms with Crippen molar-refractivity contribution in [2.24, 2.45) is 0 Å². The predicted octanol–water partition coefficient (Wildman–Crippen LogP) is 2.45. The van der Waals surface area contributed by atoms with Gasteiger partial charge in [0.1, 0.15) is 34.3 Å². The summed E-state index contributed by atoms with van der Waals surface area (Å²) >= 11 is 0. The number of ether oxygens (including phenoxy) is 2. The van der Waals surface area contributed by atoms with Crippen molar-refractivity contribution in [3.63, 3.8) is 0 Å². The Balaban J connectivity index is 1.94. The molecule has 0 unspecified atom stereocenters. The number of nitrogens with one attached hydrogen (secondary N) is 3. The molecule has 0 bridgehead atoms. The fourth-order valence-corrected chi connectivity index (χ4v) is 4.16. The topological polar surface area (TPSA) is 109 Å². The minimum absolute atomic E-state index is 0.0929. The average Bonchev–Trinajstić information content (AvgIpc) is 3.34. The number of Topliss-reactive ketones (excluding diaryl/α,β-unsaturated/α-hetero) is 1. The van der Waals surface area contributed by atoms with Crippen LogP contribution in [0.4, 0.5) is 5.69 Å². The number of ketones is 1. The quantitative estimate of drug-likeness (QED) is 0.508. The lowest BCUT2D eigenvalue weighted by atomic mass is 9.92. The van der Waals surface area contributed by atoms with E-state index in [1.807, 2.05) is 41.3 Å². The van der Waals surface area contributed by atoms with Crippen molar-refractivity contribution < 1.29 is 19.1 Å². The third-order valence-electron chi connectivity index (χ3n) is 5.81. The maximum atomic E-state index is 14.0. The first kappa shape index (κ1) is 22.2. The molecule has 0 fully saturated rings. The Morgan fingerprint density at radius 2 is 1.82 bits per heavy atom. The van der Waals surface area contributed by atoms with Crippen LogP contribution in [0, 0.1) is 0 Å². The molecule has 0 spiro atoms. The van der Waals surface area contributed by atoms with E-state index in [0.717, 1.165) is 11.0 Å². The first-order chi connectivity index (χ1) is 15.8. The summed E-state index contributed by atoms with van der Waals surface area (Å²) in [6.07, 6.45) is 0. The number of anilines is 1. The fraction of sp³-hybridized carbons (Fsp3) is 0.292. The molecule has 0 saturated carbocycles. The normalized spacial score (nSPS) is 18.1. The smallest absolute Gasteiger partial charge is 0.216 e. The molecule has 3 N–H and O–H groups in total. The van der Waals surface area contributed by atoms with Gasteiger partial charge in [-0.25, -0.2) is 4.98 Å². The first-order valence-electron chi connectivity index (χ1n) is 10.5. The number of carbonyl (C=O) groups excluding carboxylic acids is 2. The Hall–Kier alpha value is -4.01. The zero-order chi connectivity index (χ0) is 23.8. The molecule has 9 heteroatoms. The van der Waals surface area contributed by atoms with Crippen LogP contribution in [-0.2, 0) is 9.59 Å². The molecule has 1 atom stereocenters. The summed E-state index contributed by atoms with van der Waals surface area (Å²) in [6.45, 7) is 3.31. The van der Waals surface area contributed by atoms with Gasteiger partial charge in [0.15, 0.2) is 5.78 Å². The van der Waals surface area contributed by atoms with Gasteiger partial charge in [0.25, 0.3) is 0 Å². The highest BCUT2D eigenvalue weighted by Gasteiger charge is 2.51. The third-order valence-corrected chi connectivity index (χ3v) is 5.81. The van der Waals surface area contributed by atoms with Gasteiger partial charge < -0.3 is 30.0 Å². The number of imidazole rings is 1. The number of fused-ring (bicyclic) bond motifs is 1. The van der Waals surface area contributed by atoms with Crippen LogP contribution in [0.3, 0.4) is 0 Å². The van der Waals surface area contributed by atoms with E-state index in [1.54, 1.807) is 34.3 Å². The molecule has 3 aromatic rings. The standard InChI is InChI=1S/C24H27N5O4/c1-14(30)26-13-24(2)21(31)20(22-27-18-8-6-7-9-19(18)28-22)23(25-3)29(24)15-10-16(32-4)12-17(11-15)33-5/h6-12,25H,13H2,1-5H3,(H,26,30)(H,27,28)/t24-/m0/s1. The van der Waals surface area contributed by atoms with Crippen LogP contribution in [0.2, 0.25) is 0 Å². The number of aromatic amines is 1. The molecule has 1 amide bonds. The van der Waals surface area contributed by atoms with Crippen molar-refractivity contribution >= 4 is 34.0 Å². The van der Waals surface area contributed by atoms with Gasteiger partial charge in [-0.2, -0.15) is 0 Å². The monoisotopic (exact) mass is 449 g/mol. The van der Waals surface area contributed by atoms with E-state index in [-0.39, 0.29) is 18.2 Å². The van der Waals surface area contributed by atoms with Gasteiger partial charge in [0.2, 0.25) is 5.91 Å². The molecule has 0 radical (unpaired) electrons. The van der Waals surface area contributed by atoms with Crippen LogP contribution >= 0.6 is 0 Å². The summed E-state index contributed by atoms with van der Waals surface area (Å²) in [6, 6.07) is 13.0. The van der Waals surface area contributed by atoms with Crippen LogP contribution in [0.15, 0.2) is 48.3 Å². The van der Waals surface area contributed by atoms with E-state index >= 15 is 0 Å². The van der Waals surface area contributed by atoms with E-state index in [9.17, 15) is 9.59 Å². The second kappa shape index (κ2) is 8.50. The fourth-order valence-electron chi connectivity index (χ4n) is 4.16. The molecule has 2 aromatic carbocycles. The first-order valence-corrected chi connectivity index (χ1v) is 10.5. The number of amides is 1. The number of rotatable bonds is 7. The van der Waals surface area contributed by atoms with Crippen LogP contribution < -0.4 is 25.0 Å². The van der Waals surface area contributed by atoms with Gasteiger partial charge in [-0.1, -0.05) is 12.1 Å². The molecule has 2 heterocycles. The molecule has 33 heavy (non-hydrogen) atoms. The molecule has 1 aromatic heterocycles. The van der Waals surface area contributed by atoms with E-state index in [1.165, 1.54) is 6.92 Å². The lowest BCUT2D eigenvalue weighted by Crippen LogP contribution is -2.55. The molecule has 1 aliphatic heterocycles. The van der Waals surface area contributed by atoms with E-state index in [2.05, 4.69) is 20.6 Å². The van der Waals surface area contributed by atoms with Gasteiger partial charge in [-0.15, -0.1) is 0 Å². The number of carbonyl (C=O) groups is 2. The van der Waals surface area contributed by atoms with Crippen molar-refractivity contribution in [2.75, 3.05) is 32.7 Å².